The quantitative estimate of drug-likeness (QED) is 0.681. The first-order valence-corrected chi connectivity index (χ1v) is 7.89. The van der Waals surface area contributed by atoms with Gasteiger partial charge in [-0.05, 0) is 42.6 Å². The van der Waals surface area contributed by atoms with Gasteiger partial charge >= 0.3 is 0 Å². The lowest BCUT2D eigenvalue weighted by molar-refractivity contribution is -0.123. The van der Waals surface area contributed by atoms with E-state index in [0.717, 1.165) is 22.5 Å². The molecule has 0 spiro atoms. The first-order chi connectivity index (χ1) is 11.1. The minimum atomic E-state index is -0.413. The van der Waals surface area contributed by atoms with Gasteiger partial charge < -0.3 is 4.57 Å². The molecule has 0 unspecified atom stereocenters. The fourth-order valence-corrected chi connectivity index (χ4v) is 3.16. The Kier molecular flexibility index (Phi) is 4.26. The van der Waals surface area contributed by atoms with E-state index in [4.69, 9.17) is 12.2 Å². The molecule has 23 heavy (non-hydrogen) atoms. The molecule has 1 N–H and O–H groups in total. The van der Waals surface area contributed by atoms with Gasteiger partial charge in [0.05, 0.1) is 4.91 Å². The molecule has 1 fully saturated rings. The molecule has 0 aromatic carbocycles. The number of nitrogens with one attached hydrogen (secondary N) is 1. The maximum atomic E-state index is 12.4. The van der Waals surface area contributed by atoms with Crippen molar-refractivity contribution in [1.82, 2.24) is 20.0 Å². The Hall–Kier alpha value is -2.45. The van der Waals surface area contributed by atoms with Gasteiger partial charge in [-0.25, -0.2) is 0 Å². The zero-order valence-electron chi connectivity index (χ0n) is 12.1. The van der Waals surface area contributed by atoms with Gasteiger partial charge in [-0.2, -0.15) is 5.01 Å². The average molecular weight is 344 g/mol. The number of hydrogen-bond acceptors (Lipinski definition) is 5. The molecule has 1 aliphatic heterocycles. The standard InChI is InChI=1S/C15H12N4O2S2/c1-18-8-2-3-11(18)9-12-14(21)19(15(22)23-12)17-13(20)10-4-6-16-7-5-10/h2-9H,1H3,(H,17,20)/b12-9+. The highest BCUT2D eigenvalue weighted by Crippen LogP contribution is 2.31. The predicted molar refractivity (Wildman–Crippen MR) is 92.1 cm³/mol. The van der Waals surface area contributed by atoms with Gasteiger partial charge in [-0.15, -0.1) is 0 Å². The summed E-state index contributed by atoms with van der Waals surface area (Å²) < 4.78 is 2.18. The van der Waals surface area contributed by atoms with Crippen molar-refractivity contribution >= 4 is 46.2 Å². The molecule has 0 saturated carbocycles. The fourth-order valence-electron chi connectivity index (χ4n) is 1.99. The molecule has 3 rings (SSSR count). The largest absolute Gasteiger partial charge is 0.351 e. The minimum absolute atomic E-state index is 0.290. The summed E-state index contributed by atoms with van der Waals surface area (Å²) in [5.41, 5.74) is 3.81. The van der Waals surface area contributed by atoms with Gasteiger partial charge in [0.2, 0.25) is 0 Å². The number of hydrazine groups is 1. The van der Waals surface area contributed by atoms with Crippen LogP contribution in [0.3, 0.4) is 0 Å². The number of thiocarbonyl (C=S) groups is 1. The number of amides is 2. The highest BCUT2D eigenvalue weighted by molar-refractivity contribution is 8.26. The van der Waals surface area contributed by atoms with Crippen LogP contribution < -0.4 is 5.43 Å². The smallest absolute Gasteiger partial charge is 0.285 e. The van der Waals surface area contributed by atoms with E-state index in [1.807, 2.05) is 29.9 Å². The molecule has 1 saturated heterocycles. The zero-order valence-corrected chi connectivity index (χ0v) is 13.7. The van der Waals surface area contributed by atoms with Gasteiger partial charge in [0, 0.05) is 36.9 Å². The van der Waals surface area contributed by atoms with Crippen molar-refractivity contribution in [3.8, 4) is 0 Å². The number of thioether (sulfide) groups is 1. The Labute approximate surface area is 142 Å². The zero-order chi connectivity index (χ0) is 16.4. The van der Waals surface area contributed by atoms with Crippen LogP contribution in [0.5, 0.6) is 0 Å². The molecule has 0 bridgehead atoms. The maximum absolute atomic E-state index is 12.4. The number of aromatic nitrogens is 2. The summed E-state index contributed by atoms with van der Waals surface area (Å²) in [6, 6.07) is 6.90. The first kappa shape index (κ1) is 15.4. The van der Waals surface area contributed by atoms with Crippen LogP contribution in [0.25, 0.3) is 6.08 Å². The molecule has 0 radical (unpaired) electrons. The molecule has 0 aliphatic carbocycles. The van der Waals surface area contributed by atoms with E-state index in [2.05, 4.69) is 10.4 Å². The summed E-state index contributed by atoms with van der Waals surface area (Å²) in [6.07, 6.45) is 6.65. The molecule has 6 nitrogen and oxygen atoms in total. The topological polar surface area (TPSA) is 67.2 Å². The van der Waals surface area contributed by atoms with Crippen LogP contribution in [0.1, 0.15) is 16.1 Å². The predicted octanol–water partition coefficient (Wildman–Crippen LogP) is 1.97. The van der Waals surface area contributed by atoms with Crippen molar-refractivity contribution in [1.29, 1.82) is 0 Å². The normalized spacial score (nSPS) is 16.2. The van der Waals surface area contributed by atoms with Crippen LogP contribution in [0.15, 0.2) is 47.8 Å². The van der Waals surface area contributed by atoms with Crippen LogP contribution in [-0.2, 0) is 11.8 Å². The Morgan fingerprint density at radius 1 is 1.35 bits per heavy atom. The number of nitrogens with zero attached hydrogens (tertiary/aromatic N) is 3. The van der Waals surface area contributed by atoms with E-state index in [0.29, 0.717) is 10.5 Å². The third-order valence-corrected chi connectivity index (χ3v) is 4.51. The number of carbonyl (C=O) groups is 2. The summed E-state index contributed by atoms with van der Waals surface area (Å²) in [7, 11) is 1.89. The van der Waals surface area contributed by atoms with Crippen LogP contribution in [0, 0.1) is 0 Å². The third-order valence-electron chi connectivity index (χ3n) is 3.21. The molecule has 2 aromatic rings. The number of pyridine rings is 1. The summed E-state index contributed by atoms with van der Waals surface area (Å²) in [6.45, 7) is 0. The van der Waals surface area contributed by atoms with Gasteiger partial charge in [0.25, 0.3) is 11.8 Å². The van der Waals surface area contributed by atoms with Gasteiger partial charge in [0.15, 0.2) is 4.32 Å². The number of carbonyl (C=O) groups excluding carboxylic acids is 2. The highest BCUT2D eigenvalue weighted by Gasteiger charge is 2.33. The SMILES string of the molecule is Cn1cccc1/C=C1/SC(=S)N(NC(=O)c2ccncc2)C1=O. The summed E-state index contributed by atoms with van der Waals surface area (Å²) in [5.74, 6) is -0.757. The Bertz CT molecular complexity index is 814. The summed E-state index contributed by atoms with van der Waals surface area (Å²) >= 11 is 6.34. The molecule has 2 amide bonds. The lowest BCUT2D eigenvalue weighted by atomic mass is 10.2. The Morgan fingerprint density at radius 2 is 2.09 bits per heavy atom. The first-order valence-electron chi connectivity index (χ1n) is 6.66. The fraction of sp³-hybridized carbons (Fsp3) is 0.0667. The summed E-state index contributed by atoms with van der Waals surface area (Å²) in [4.78, 5) is 28.9. The van der Waals surface area contributed by atoms with E-state index in [1.165, 1.54) is 12.4 Å². The van der Waals surface area contributed by atoms with Gasteiger partial charge in [0.1, 0.15) is 0 Å². The second-order valence-corrected chi connectivity index (χ2v) is 6.41. The Balaban J connectivity index is 1.78. The molecule has 116 valence electrons. The number of aryl methyl sites for hydroxylation is 1. The van der Waals surface area contributed by atoms with E-state index in [1.54, 1.807) is 18.2 Å². The maximum Gasteiger partial charge on any atom is 0.285 e. The Morgan fingerprint density at radius 3 is 2.74 bits per heavy atom. The van der Waals surface area contributed by atoms with Crippen molar-refractivity contribution < 1.29 is 9.59 Å². The molecule has 2 aromatic heterocycles. The van der Waals surface area contributed by atoms with Gasteiger partial charge in [-0.3, -0.25) is 20.0 Å². The number of hydrogen-bond donors (Lipinski definition) is 1. The second kappa shape index (κ2) is 6.35. The van der Waals surface area contributed by atoms with Crippen LogP contribution in [0.2, 0.25) is 0 Å². The van der Waals surface area contributed by atoms with Crippen molar-refractivity contribution in [2.24, 2.45) is 7.05 Å². The van der Waals surface area contributed by atoms with E-state index in [9.17, 15) is 9.59 Å². The molecular weight excluding hydrogens is 332 g/mol. The third kappa shape index (κ3) is 3.17. The molecule has 1 aliphatic rings. The minimum Gasteiger partial charge on any atom is -0.351 e. The van der Waals surface area contributed by atoms with Gasteiger partial charge in [-0.1, -0.05) is 11.8 Å². The van der Waals surface area contributed by atoms with E-state index >= 15 is 0 Å². The highest BCUT2D eigenvalue weighted by atomic mass is 32.2. The van der Waals surface area contributed by atoms with Crippen molar-refractivity contribution in [3.05, 3.63) is 59.0 Å². The van der Waals surface area contributed by atoms with Crippen molar-refractivity contribution in [2.75, 3.05) is 0 Å². The van der Waals surface area contributed by atoms with Crippen LogP contribution in [0.4, 0.5) is 0 Å². The number of rotatable bonds is 3. The van der Waals surface area contributed by atoms with Crippen LogP contribution in [-0.4, -0.2) is 30.7 Å². The molecule has 8 heteroatoms. The van der Waals surface area contributed by atoms with Crippen molar-refractivity contribution in [2.45, 2.75) is 0 Å². The van der Waals surface area contributed by atoms with Crippen molar-refractivity contribution in [3.63, 3.8) is 0 Å². The van der Waals surface area contributed by atoms with E-state index in [-0.39, 0.29) is 10.2 Å². The molecule has 0 atom stereocenters. The van der Waals surface area contributed by atoms with E-state index < -0.39 is 5.91 Å². The second-order valence-electron chi connectivity index (χ2n) is 4.74. The summed E-state index contributed by atoms with van der Waals surface area (Å²) in [5, 5.41) is 1.09. The molecular formula is C15H12N4O2S2. The monoisotopic (exact) mass is 344 g/mol. The lowest BCUT2D eigenvalue weighted by Crippen LogP contribution is -2.44. The van der Waals surface area contributed by atoms with Crippen LogP contribution >= 0.6 is 24.0 Å². The molecule has 3 heterocycles. The lowest BCUT2D eigenvalue weighted by Gasteiger charge is -2.15. The average Bonchev–Trinajstić information content (AvgIpc) is 3.07.